The Bertz CT molecular complexity index is 5300. The van der Waals surface area contributed by atoms with Crippen molar-refractivity contribution in [3.63, 3.8) is 0 Å². The molecule has 3 aromatic carbocycles. The number of carbonyl (C=O) groups excluding carboxylic acids is 10. The number of aromatic nitrogens is 6. The van der Waals surface area contributed by atoms with E-state index in [9.17, 15) is 56.7 Å². The maximum Gasteiger partial charge on any atom is 0.307 e. The molecule has 35 heteroatoms. The van der Waals surface area contributed by atoms with E-state index in [1.807, 2.05) is 143 Å². The summed E-state index contributed by atoms with van der Waals surface area (Å²) in [4.78, 5) is 168. The van der Waals surface area contributed by atoms with E-state index < -0.39 is 130 Å². The van der Waals surface area contributed by atoms with Crippen molar-refractivity contribution in [2.45, 2.75) is 323 Å². The van der Waals surface area contributed by atoms with Gasteiger partial charge in [-0.2, -0.15) is 0 Å². The van der Waals surface area contributed by atoms with Crippen LogP contribution < -0.4 is 28.4 Å². The summed E-state index contributed by atoms with van der Waals surface area (Å²) in [6.45, 7) is 25.5. The molecule has 0 unspecified atom stereocenters. The molecular formula is C104H139F2N10O20V3-3. The van der Waals surface area contributed by atoms with Gasteiger partial charge in [-0.25, -0.2) is 57.5 Å². The van der Waals surface area contributed by atoms with Crippen molar-refractivity contribution in [1.82, 2.24) is 49.5 Å². The van der Waals surface area contributed by atoms with Crippen LogP contribution in [0.5, 0.6) is 34.9 Å². The summed E-state index contributed by atoms with van der Waals surface area (Å²) in [5.74, 6) is -3.44. The molecular weight excluding hydrogens is 1900 g/mol. The normalized spacial score (nSPS) is 28.9. The number of fused-ring (bicyclic) bond motifs is 15. The van der Waals surface area contributed by atoms with E-state index in [0.717, 1.165) is 100 Å². The van der Waals surface area contributed by atoms with Crippen molar-refractivity contribution in [3.8, 4) is 34.9 Å². The smallest absolute Gasteiger partial charge is 0.307 e. The number of nitrogens with zero attached hydrogens (tertiary/aromatic N) is 10. The third-order valence-corrected chi connectivity index (χ3v) is 30.1. The Balaban J connectivity index is 0.000000213. The summed E-state index contributed by atoms with van der Waals surface area (Å²) < 4.78 is 88.9. The largest absolute Gasteiger partial charge is 0.540 e. The third-order valence-electron chi connectivity index (χ3n) is 30.1. The van der Waals surface area contributed by atoms with Crippen LogP contribution in [0.15, 0.2) is 54.6 Å². The molecule has 2 aliphatic carbocycles. The number of hydrogen-bond donors (Lipinski definition) is 0. The number of esters is 3. The Hall–Kier alpha value is -8.65. The van der Waals surface area contributed by atoms with E-state index in [4.69, 9.17) is 77.3 Å². The topological polar surface area (TPSA) is 353 Å². The van der Waals surface area contributed by atoms with Crippen molar-refractivity contribution < 1.29 is 160 Å². The zero-order chi connectivity index (χ0) is 98.0. The fourth-order valence-electron chi connectivity index (χ4n) is 21.9. The fourth-order valence-corrected chi connectivity index (χ4v) is 21.9. The predicted octanol–water partition coefficient (Wildman–Crippen LogP) is 15.5. The first-order valence-electron chi connectivity index (χ1n) is 49.0. The molecule has 4 saturated heterocycles. The van der Waals surface area contributed by atoms with Gasteiger partial charge in [0.25, 0.3) is 6.43 Å². The zero-order valence-corrected chi connectivity index (χ0v) is 87.9. The Morgan fingerprint density at radius 1 is 0.439 bits per heavy atom. The zero-order valence-electron chi connectivity index (χ0n) is 83.7. The van der Waals surface area contributed by atoms with Gasteiger partial charge in [-0.15, -0.1) is 0 Å². The summed E-state index contributed by atoms with van der Waals surface area (Å²) in [7, 11) is 6.42. The molecule has 15 rings (SSSR count). The molecule has 4 amide bonds. The number of alkyl halides is 2. The monoisotopic (exact) mass is 2040 g/mol. The van der Waals surface area contributed by atoms with Gasteiger partial charge in [0.15, 0.2) is 5.60 Å². The van der Waals surface area contributed by atoms with Gasteiger partial charge in [0.05, 0.1) is 124 Å². The van der Waals surface area contributed by atoms with E-state index >= 15 is 0 Å². The maximum absolute atomic E-state index is 14.7. The number of likely N-dealkylation sites (tertiary alicyclic amines) is 1. The summed E-state index contributed by atoms with van der Waals surface area (Å²) in [6, 6.07) is 13.7. The minimum Gasteiger partial charge on any atom is -0.540 e. The van der Waals surface area contributed by atoms with Gasteiger partial charge in [0.1, 0.15) is 64.3 Å². The number of ether oxygens (including phenoxy) is 10. The van der Waals surface area contributed by atoms with Crippen LogP contribution in [0.3, 0.4) is 0 Å². The van der Waals surface area contributed by atoms with Crippen LogP contribution in [0.4, 0.5) is 8.78 Å². The average Bonchev–Trinajstić information content (AvgIpc) is 1.63. The van der Waals surface area contributed by atoms with E-state index in [1.54, 1.807) is 41.4 Å². The molecule has 7 aliphatic heterocycles. The molecule has 3 aromatic heterocycles. The van der Waals surface area contributed by atoms with Gasteiger partial charge in [-0.3, -0.25) is 33.6 Å². The first-order valence-corrected chi connectivity index (χ1v) is 49.0. The molecule has 3 radical (unpaired) electrons. The van der Waals surface area contributed by atoms with Gasteiger partial charge in [0.2, 0.25) is 41.3 Å². The number of hydrogen-bond acceptors (Lipinski definition) is 26. The number of aryl methyl sites for hydroxylation is 3. The third kappa shape index (κ3) is 25.9. The van der Waals surface area contributed by atoms with Crippen LogP contribution in [0.2, 0.25) is 0 Å². The summed E-state index contributed by atoms with van der Waals surface area (Å²) in [5.41, 5.74) is 1.69. The Kier molecular flexibility index (Phi) is 39.3. The number of amides is 4. The number of halogens is 2. The first kappa shape index (κ1) is 112. The molecule has 6 fully saturated rings. The molecule has 757 valence electrons. The van der Waals surface area contributed by atoms with Crippen molar-refractivity contribution in [3.05, 3.63) is 71.7 Å². The predicted molar refractivity (Wildman–Crippen MR) is 502 cm³/mol. The van der Waals surface area contributed by atoms with Crippen molar-refractivity contribution >= 4 is 93.5 Å². The molecule has 9 aliphatic rings. The van der Waals surface area contributed by atoms with E-state index in [2.05, 4.69) is 12.6 Å². The molecule has 18 atom stereocenters. The minimum atomic E-state index is -2.83. The van der Waals surface area contributed by atoms with Gasteiger partial charge < -0.3 is 81.4 Å². The Labute approximate surface area is 851 Å². The van der Waals surface area contributed by atoms with Gasteiger partial charge in [-0.1, -0.05) is 140 Å². The maximum atomic E-state index is 14.7. The Morgan fingerprint density at radius 2 is 0.799 bits per heavy atom. The second kappa shape index (κ2) is 48.6. The molecule has 6 bridgehead atoms. The standard InChI is InChI=1S/C35H47N4O7.C35H48N3O7.C34H44F2N3O6.3V/c1-21-29(20-40)39-19-31(21)46-33-26(36-25-15-14-23(44-6)17-27(25)37-33)11-8-7-9-12-28-30(13-10-16-38(28)22(2)41)45-32(42)18-24(34(39)43)35(3,4)5;1-22-29(20-39)38-19-30(22)44-32-27(36-26-15-14-24(43-6)17-28(26)37-32)13-9-7-8-11-23-12-10-16-35(23,21-42-5)45-31(40)18-25(33(38)41)34(2,3)4;1-20-27(19-40)39-18-28(20)44-30-25(37-24-14-13-22(43-5)16-26(24)38-30)12-8-6-7-10-21-11-9-15-34(21,32(35)36)45-29(41)17-23(31(39)42)33(2,3)4;;;/h14-15,17,21,24,28-31H,7-13,16,18-19H2,1-6H3;14-15,17,22-23,25,29-30H,7-13,16,18-19,21H2,1-6H3;13-14,16,20-21,23,27-28,32H,6-12,15,17-18H2,1-5H3;;;/q3*-1;;;/t21-,24+,28-,29+,30+,31-;22-,23+,25+,29+,30-,35-;20-,21+,23+,27+,28-,34+;;;/m000.../s1. The van der Waals surface area contributed by atoms with E-state index in [0.29, 0.717) is 139 Å². The van der Waals surface area contributed by atoms with Crippen LogP contribution >= 0.6 is 0 Å². The van der Waals surface area contributed by atoms with E-state index in [1.165, 1.54) is 14.7 Å². The van der Waals surface area contributed by atoms with Gasteiger partial charge in [-0.05, 0) is 180 Å². The van der Waals surface area contributed by atoms with Crippen LogP contribution in [0, 0.1) is 63.6 Å². The molecule has 0 spiro atoms. The number of benzene rings is 3. The summed E-state index contributed by atoms with van der Waals surface area (Å²) in [6.07, 6.45) is 17.6. The number of piperidine rings is 1. The fraction of sp³-hybridized carbons (Fsp3) is 0.673. The molecule has 139 heavy (non-hydrogen) atoms. The molecule has 30 nitrogen and oxygen atoms in total. The number of methoxy groups -OCH3 is 4. The Morgan fingerprint density at radius 3 is 1.17 bits per heavy atom. The average molecular weight is 2040 g/mol. The molecule has 2 saturated carbocycles. The summed E-state index contributed by atoms with van der Waals surface area (Å²) >= 11 is 0. The van der Waals surface area contributed by atoms with E-state index in [-0.39, 0.29) is 143 Å². The van der Waals surface area contributed by atoms with Crippen LogP contribution in [0.25, 0.3) is 33.1 Å². The van der Waals surface area contributed by atoms with Crippen LogP contribution in [0.1, 0.15) is 255 Å². The second-order valence-corrected chi connectivity index (χ2v) is 42.2. The van der Waals surface area contributed by atoms with Crippen LogP contribution in [-0.2, 0) is 142 Å². The van der Waals surface area contributed by atoms with Crippen LogP contribution in [-0.4, -0.2) is 237 Å². The first-order chi connectivity index (χ1) is 64.8. The van der Waals surface area contributed by atoms with Crippen molar-refractivity contribution in [2.24, 2.45) is 63.6 Å². The molecule has 10 heterocycles. The quantitative estimate of drug-likeness (QED) is 0.0737. The van der Waals surface area contributed by atoms with Gasteiger partial charge >= 0.3 is 17.9 Å². The van der Waals surface area contributed by atoms with Crippen molar-refractivity contribution in [1.29, 1.82) is 0 Å². The minimum absolute atomic E-state index is 0. The molecule has 0 N–H and O–H groups in total. The van der Waals surface area contributed by atoms with Gasteiger partial charge in [0, 0.05) is 106 Å². The number of carbonyl (C=O) groups is 7. The van der Waals surface area contributed by atoms with Crippen molar-refractivity contribution in [2.75, 3.05) is 61.2 Å². The SMILES string of the molecule is COC[C@@]12CCC[C@H]1CCCCCc1nc3ccc(OC)cc3nc1O[C@H]1CN(C(=O)[C@H](C(C)(C)C)CC(=O)O2)[C@H]([C-]=O)[C@@H]1C.COc1ccc2nc3c(nc2c1)O[C@H]1CN(C(=O)[C@H](C(C)(C)C)CC(=O)O[C@@H]2CCCN(C(C)=O)[C@H]2CCCCC3)[C@H]([C-]=O)[C@@H]1C.COc1ccc2nc3c(nc2c1)O[C@H]1CN(C(=O)[C@H](C(C)(C)C)CC(=O)O[C@]2(C(F)F)CCC[C@H]2CCCCC3)[C@H]([C-]=O)[C@@H]1C.[V].[V].[V]. The summed E-state index contributed by atoms with van der Waals surface area (Å²) in [5, 5.41) is 0. The second-order valence-electron chi connectivity index (χ2n) is 42.2. The molecule has 6 aromatic rings. The number of rotatable bonds is 9.